The minimum Gasteiger partial charge on any atom is -0.481 e. The summed E-state index contributed by atoms with van der Waals surface area (Å²) in [6.45, 7) is 0. The third-order valence-corrected chi connectivity index (χ3v) is 2.05. The van der Waals surface area contributed by atoms with Crippen LogP contribution in [0.5, 0.6) is 5.88 Å². The van der Waals surface area contributed by atoms with Crippen LogP contribution in [0.4, 0.5) is 8.78 Å². The number of rotatable bonds is 4. The molecule has 0 fully saturated rings. The van der Waals surface area contributed by atoms with Gasteiger partial charge in [-0.2, -0.15) is 5.26 Å². The maximum atomic E-state index is 12.8. The highest BCUT2D eigenvalue weighted by molar-refractivity contribution is 5.72. The number of carboxylic acid groups (broad SMARTS) is 1. The zero-order valence-electron chi connectivity index (χ0n) is 8.78. The Morgan fingerprint density at radius 1 is 1.71 bits per heavy atom. The number of aliphatic carboxylic acids is 1. The first-order valence-corrected chi connectivity index (χ1v) is 4.47. The molecule has 1 aromatic rings. The summed E-state index contributed by atoms with van der Waals surface area (Å²) in [6, 6.07) is 1.63. The summed E-state index contributed by atoms with van der Waals surface area (Å²) in [6.07, 6.45) is -2.62. The molecule has 0 amide bonds. The molecular formula is C10H8F2N2O3. The molecule has 0 aliphatic rings. The lowest BCUT2D eigenvalue weighted by atomic mass is 10.0. The fourth-order valence-electron chi connectivity index (χ4n) is 1.37. The number of aromatic nitrogens is 1. The van der Waals surface area contributed by atoms with E-state index < -0.39 is 24.4 Å². The second-order valence-electron chi connectivity index (χ2n) is 3.06. The van der Waals surface area contributed by atoms with E-state index in [-0.39, 0.29) is 17.0 Å². The Balaban J connectivity index is 3.47. The predicted molar refractivity (Wildman–Crippen MR) is 51.8 cm³/mol. The summed E-state index contributed by atoms with van der Waals surface area (Å²) in [7, 11) is 1.14. The van der Waals surface area contributed by atoms with Crippen molar-refractivity contribution in [2.24, 2.45) is 0 Å². The average Bonchev–Trinajstić information content (AvgIpc) is 2.27. The highest BCUT2D eigenvalue weighted by Crippen LogP contribution is 2.32. The molecule has 0 saturated heterocycles. The van der Waals surface area contributed by atoms with Gasteiger partial charge in [-0.15, -0.1) is 0 Å². The largest absolute Gasteiger partial charge is 0.481 e. The number of pyridine rings is 1. The van der Waals surface area contributed by atoms with Crippen molar-refractivity contribution in [1.82, 2.24) is 4.98 Å². The van der Waals surface area contributed by atoms with Gasteiger partial charge in [0.25, 0.3) is 6.43 Å². The van der Waals surface area contributed by atoms with Crippen molar-refractivity contribution in [3.8, 4) is 11.9 Å². The summed E-state index contributed by atoms with van der Waals surface area (Å²) in [4.78, 5) is 14.1. The first-order chi connectivity index (χ1) is 8.01. The maximum absolute atomic E-state index is 12.8. The number of carboxylic acids is 1. The number of carbonyl (C=O) groups is 1. The van der Waals surface area contributed by atoms with Crippen LogP contribution >= 0.6 is 0 Å². The van der Waals surface area contributed by atoms with Gasteiger partial charge in [0.1, 0.15) is 6.07 Å². The number of alkyl halides is 2. The van der Waals surface area contributed by atoms with Crippen LogP contribution < -0.4 is 4.74 Å². The number of hydrogen-bond donors (Lipinski definition) is 1. The van der Waals surface area contributed by atoms with Gasteiger partial charge in [-0.25, -0.2) is 13.8 Å². The monoisotopic (exact) mass is 242 g/mol. The Labute approximate surface area is 95.3 Å². The van der Waals surface area contributed by atoms with Crippen LogP contribution in [0.25, 0.3) is 0 Å². The quantitative estimate of drug-likeness (QED) is 0.865. The van der Waals surface area contributed by atoms with Crippen molar-refractivity contribution in [2.75, 3.05) is 7.11 Å². The fraction of sp³-hybridized carbons (Fsp3) is 0.300. The number of hydrogen-bond acceptors (Lipinski definition) is 4. The van der Waals surface area contributed by atoms with Gasteiger partial charge in [0.2, 0.25) is 5.88 Å². The maximum Gasteiger partial charge on any atom is 0.307 e. The molecule has 0 atom stereocenters. The van der Waals surface area contributed by atoms with E-state index in [1.54, 1.807) is 6.07 Å². The molecular weight excluding hydrogens is 234 g/mol. The third kappa shape index (κ3) is 2.66. The van der Waals surface area contributed by atoms with Crippen LogP contribution in [0.2, 0.25) is 0 Å². The molecule has 0 unspecified atom stereocenters. The second kappa shape index (κ2) is 5.21. The molecule has 17 heavy (non-hydrogen) atoms. The summed E-state index contributed by atoms with van der Waals surface area (Å²) in [5.74, 6) is -1.67. The van der Waals surface area contributed by atoms with Crippen LogP contribution in [0.1, 0.15) is 23.1 Å². The van der Waals surface area contributed by atoms with Gasteiger partial charge >= 0.3 is 5.97 Å². The lowest BCUT2D eigenvalue weighted by molar-refractivity contribution is -0.136. The lowest BCUT2D eigenvalue weighted by Gasteiger charge is -2.12. The Morgan fingerprint density at radius 2 is 2.35 bits per heavy atom. The molecule has 1 N–H and O–H groups in total. The average molecular weight is 242 g/mol. The van der Waals surface area contributed by atoms with Crippen LogP contribution in [0.15, 0.2) is 6.20 Å². The van der Waals surface area contributed by atoms with Crippen molar-refractivity contribution in [1.29, 1.82) is 5.26 Å². The normalized spacial score (nSPS) is 10.1. The number of methoxy groups -OCH3 is 1. The van der Waals surface area contributed by atoms with Crippen molar-refractivity contribution in [2.45, 2.75) is 12.8 Å². The van der Waals surface area contributed by atoms with E-state index in [1.807, 2.05) is 0 Å². The Bertz CT molecular complexity index is 483. The van der Waals surface area contributed by atoms with Gasteiger partial charge < -0.3 is 9.84 Å². The molecule has 0 aromatic carbocycles. The number of ether oxygens (including phenoxy) is 1. The van der Waals surface area contributed by atoms with Gasteiger partial charge in [0.05, 0.1) is 24.7 Å². The lowest BCUT2D eigenvalue weighted by Crippen LogP contribution is -2.09. The fourth-order valence-corrected chi connectivity index (χ4v) is 1.37. The van der Waals surface area contributed by atoms with Crippen LogP contribution in [0, 0.1) is 11.3 Å². The number of nitrogens with zero attached hydrogens (tertiary/aromatic N) is 2. The highest BCUT2D eigenvalue weighted by Gasteiger charge is 2.24. The molecule has 5 nitrogen and oxygen atoms in total. The molecule has 0 saturated carbocycles. The molecule has 1 rings (SSSR count). The van der Waals surface area contributed by atoms with Crippen LogP contribution in [-0.2, 0) is 11.2 Å². The van der Waals surface area contributed by atoms with Gasteiger partial charge in [-0.3, -0.25) is 4.79 Å². The van der Waals surface area contributed by atoms with E-state index >= 15 is 0 Å². The second-order valence-corrected chi connectivity index (χ2v) is 3.06. The smallest absolute Gasteiger partial charge is 0.307 e. The number of nitriles is 1. The van der Waals surface area contributed by atoms with E-state index in [0.717, 1.165) is 13.3 Å². The molecule has 0 bridgehead atoms. The minimum atomic E-state index is -2.96. The predicted octanol–water partition coefficient (Wildman–Crippen LogP) is 1.53. The summed E-state index contributed by atoms with van der Waals surface area (Å²) >= 11 is 0. The first kappa shape index (κ1) is 12.8. The van der Waals surface area contributed by atoms with E-state index in [1.165, 1.54) is 0 Å². The van der Waals surface area contributed by atoms with Gasteiger partial charge in [0.15, 0.2) is 0 Å². The van der Waals surface area contributed by atoms with E-state index in [2.05, 4.69) is 9.72 Å². The molecule has 7 heteroatoms. The van der Waals surface area contributed by atoms with Gasteiger partial charge in [0, 0.05) is 6.20 Å². The van der Waals surface area contributed by atoms with E-state index in [0.29, 0.717) is 0 Å². The van der Waals surface area contributed by atoms with E-state index in [9.17, 15) is 13.6 Å². The molecule has 0 radical (unpaired) electrons. The van der Waals surface area contributed by atoms with Gasteiger partial charge in [-0.1, -0.05) is 0 Å². The minimum absolute atomic E-state index is 0.191. The van der Waals surface area contributed by atoms with Gasteiger partial charge in [-0.05, 0) is 5.56 Å². The molecule has 0 aliphatic heterocycles. The molecule has 1 aromatic heterocycles. The van der Waals surface area contributed by atoms with Crippen LogP contribution in [0.3, 0.4) is 0 Å². The topological polar surface area (TPSA) is 83.2 Å². The Morgan fingerprint density at radius 3 is 2.76 bits per heavy atom. The molecule has 0 aliphatic carbocycles. The number of halogens is 2. The zero-order chi connectivity index (χ0) is 13.0. The Hall–Kier alpha value is -2.23. The van der Waals surface area contributed by atoms with Crippen molar-refractivity contribution < 1.29 is 23.4 Å². The van der Waals surface area contributed by atoms with E-state index in [4.69, 9.17) is 10.4 Å². The highest BCUT2D eigenvalue weighted by atomic mass is 19.3. The first-order valence-electron chi connectivity index (χ1n) is 4.47. The molecule has 1 heterocycles. The van der Waals surface area contributed by atoms with Crippen molar-refractivity contribution >= 4 is 5.97 Å². The summed E-state index contributed by atoms with van der Waals surface area (Å²) in [5, 5.41) is 17.4. The Kier molecular flexibility index (Phi) is 3.93. The molecule has 90 valence electrons. The third-order valence-electron chi connectivity index (χ3n) is 2.05. The van der Waals surface area contributed by atoms with Crippen molar-refractivity contribution in [3.63, 3.8) is 0 Å². The standard InChI is InChI=1S/C10H8F2N2O3/c1-17-10-8(9(11)12)6(2-7(15)16)5(3-13)4-14-10/h4,9H,2H2,1H3,(H,15,16). The SMILES string of the molecule is COc1ncc(C#N)c(CC(=O)O)c1C(F)F. The summed E-state index contributed by atoms with van der Waals surface area (Å²) < 4.78 is 30.3. The summed E-state index contributed by atoms with van der Waals surface area (Å²) in [5.41, 5.74) is -1.10. The molecule has 0 spiro atoms. The zero-order valence-corrected chi connectivity index (χ0v) is 8.78. The van der Waals surface area contributed by atoms with Crippen molar-refractivity contribution in [3.05, 3.63) is 22.9 Å². The van der Waals surface area contributed by atoms with Crippen LogP contribution in [-0.4, -0.2) is 23.2 Å².